The molecule has 0 unspecified atom stereocenters. The van der Waals surface area contributed by atoms with E-state index in [2.05, 4.69) is 5.32 Å². The Balaban J connectivity index is 2.06. The lowest BCUT2D eigenvalue weighted by Crippen LogP contribution is -2.45. The highest BCUT2D eigenvalue weighted by molar-refractivity contribution is 7.80. The summed E-state index contributed by atoms with van der Waals surface area (Å²) in [7, 11) is 1.78. The van der Waals surface area contributed by atoms with Crippen molar-refractivity contribution in [2.45, 2.75) is 19.9 Å². The Morgan fingerprint density at radius 1 is 1.37 bits per heavy atom. The van der Waals surface area contributed by atoms with Gasteiger partial charge in [0.2, 0.25) is 0 Å². The lowest BCUT2D eigenvalue weighted by atomic mass is 9.97. The predicted octanol–water partition coefficient (Wildman–Crippen LogP) is 4.23. The molecule has 1 N–H and O–H groups in total. The summed E-state index contributed by atoms with van der Waals surface area (Å²) in [6, 6.07) is 6.95. The van der Waals surface area contributed by atoms with Crippen LogP contribution in [0, 0.1) is 10.1 Å². The topological polar surface area (TPSA) is 88.6 Å². The maximum Gasteiger partial charge on any atom is 0.270 e. The molecule has 1 atom stereocenters. The van der Waals surface area contributed by atoms with E-state index in [4.69, 9.17) is 28.2 Å². The number of carbonyl (C=O) groups excluding carboxylic acids is 1. The van der Waals surface area contributed by atoms with Crippen molar-refractivity contribution in [3.8, 4) is 11.3 Å². The average Bonchev–Trinajstić information content (AvgIpc) is 3.08. The van der Waals surface area contributed by atoms with Gasteiger partial charge in [0.05, 0.1) is 9.95 Å². The summed E-state index contributed by atoms with van der Waals surface area (Å²) < 4.78 is 5.90. The first-order chi connectivity index (χ1) is 12.7. The van der Waals surface area contributed by atoms with Crippen LogP contribution in [0.5, 0.6) is 0 Å². The van der Waals surface area contributed by atoms with Gasteiger partial charge in [-0.15, -0.1) is 0 Å². The summed E-state index contributed by atoms with van der Waals surface area (Å²) >= 11 is 11.5. The molecule has 2 heterocycles. The Kier molecular flexibility index (Phi) is 5.03. The Morgan fingerprint density at radius 2 is 2.07 bits per heavy atom. The molecule has 0 fully saturated rings. The van der Waals surface area contributed by atoms with Crippen LogP contribution in [0.1, 0.15) is 25.6 Å². The number of ketones is 1. The third kappa shape index (κ3) is 3.45. The summed E-state index contributed by atoms with van der Waals surface area (Å²) in [5.74, 6) is 0.726. The van der Waals surface area contributed by atoms with Crippen molar-refractivity contribution >= 4 is 40.4 Å². The molecule has 3 rings (SSSR count). The van der Waals surface area contributed by atoms with Gasteiger partial charge in [0.1, 0.15) is 17.6 Å². The summed E-state index contributed by atoms with van der Waals surface area (Å²) in [5, 5.41) is 14.9. The number of hydrogen-bond donors (Lipinski definition) is 1. The zero-order chi connectivity index (χ0) is 19.9. The number of thiocarbonyl (C=S) groups is 1. The van der Waals surface area contributed by atoms with Gasteiger partial charge in [-0.1, -0.05) is 11.6 Å². The van der Waals surface area contributed by atoms with Gasteiger partial charge < -0.3 is 14.6 Å². The quantitative estimate of drug-likeness (QED) is 0.462. The number of non-ortho nitro benzene ring substituents is 1. The lowest BCUT2D eigenvalue weighted by Gasteiger charge is -2.34. The number of nitro benzene ring substituents is 1. The van der Waals surface area contributed by atoms with Crippen LogP contribution in [-0.2, 0) is 4.79 Å². The molecule has 1 aromatic carbocycles. The van der Waals surface area contributed by atoms with Gasteiger partial charge in [0.25, 0.3) is 5.69 Å². The van der Waals surface area contributed by atoms with E-state index >= 15 is 0 Å². The zero-order valence-corrected chi connectivity index (χ0v) is 16.4. The van der Waals surface area contributed by atoms with Crippen LogP contribution in [0.4, 0.5) is 5.69 Å². The SMILES string of the molecule is CC(=O)C1=C(C)N(C)C(=S)N[C@@H]1c1ccc(-c2cc([N+](=O)[O-])ccc2Cl)o1. The first kappa shape index (κ1) is 19.1. The number of nitro groups is 1. The number of halogens is 1. The summed E-state index contributed by atoms with van der Waals surface area (Å²) in [6.45, 7) is 3.30. The molecule has 9 heteroatoms. The van der Waals surface area contributed by atoms with Crippen molar-refractivity contribution in [1.82, 2.24) is 10.2 Å². The lowest BCUT2D eigenvalue weighted by molar-refractivity contribution is -0.384. The van der Waals surface area contributed by atoms with E-state index in [-0.39, 0.29) is 11.5 Å². The fourth-order valence-corrected chi connectivity index (χ4v) is 3.44. The predicted molar refractivity (Wildman–Crippen MR) is 105 cm³/mol. The Morgan fingerprint density at radius 3 is 2.70 bits per heavy atom. The smallest absolute Gasteiger partial charge is 0.270 e. The van der Waals surface area contributed by atoms with Gasteiger partial charge in [-0.2, -0.15) is 0 Å². The standard InChI is InChI=1S/C18H16ClN3O4S/c1-9-16(10(2)23)17(20-18(27)21(9)3)15-7-6-14(26-15)12-8-11(22(24)25)4-5-13(12)19/h4-8,17H,1-3H3,(H,20,27)/t17-/m1/s1. The van der Waals surface area contributed by atoms with Crippen molar-refractivity contribution in [2.75, 3.05) is 7.05 Å². The zero-order valence-electron chi connectivity index (χ0n) is 14.8. The van der Waals surface area contributed by atoms with Crippen LogP contribution in [-0.4, -0.2) is 27.8 Å². The molecule has 0 spiro atoms. The molecule has 0 amide bonds. The normalized spacial score (nSPS) is 17.1. The second-order valence-electron chi connectivity index (χ2n) is 6.12. The van der Waals surface area contributed by atoms with Crippen LogP contribution in [0.3, 0.4) is 0 Å². The molecule has 1 aromatic heterocycles. The molecule has 0 aliphatic carbocycles. The summed E-state index contributed by atoms with van der Waals surface area (Å²) in [4.78, 5) is 24.4. The highest BCUT2D eigenvalue weighted by Crippen LogP contribution is 2.36. The Bertz CT molecular complexity index is 998. The largest absolute Gasteiger partial charge is 0.458 e. The van der Waals surface area contributed by atoms with Gasteiger partial charge >= 0.3 is 0 Å². The molecule has 7 nitrogen and oxygen atoms in total. The van der Waals surface area contributed by atoms with Gasteiger partial charge in [-0.3, -0.25) is 14.9 Å². The molecule has 2 aromatic rings. The van der Waals surface area contributed by atoms with E-state index in [0.29, 0.717) is 32.8 Å². The number of nitrogens with zero attached hydrogens (tertiary/aromatic N) is 2. The minimum atomic E-state index is -0.544. The van der Waals surface area contributed by atoms with Crippen LogP contribution in [0.25, 0.3) is 11.3 Å². The number of Topliss-reactive ketones (excluding diaryl/α,β-unsaturated/α-hetero) is 1. The van der Waals surface area contributed by atoms with E-state index in [1.807, 2.05) is 6.92 Å². The third-order valence-electron chi connectivity index (χ3n) is 4.47. The van der Waals surface area contributed by atoms with Gasteiger partial charge in [0.15, 0.2) is 10.9 Å². The number of benzene rings is 1. The van der Waals surface area contributed by atoms with E-state index < -0.39 is 11.0 Å². The Labute approximate surface area is 165 Å². The minimum Gasteiger partial charge on any atom is -0.458 e. The number of furan rings is 1. The fraction of sp³-hybridized carbons (Fsp3) is 0.222. The number of hydrogen-bond acceptors (Lipinski definition) is 5. The number of carbonyl (C=O) groups is 1. The van der Waals surface area contributed by atoms with Gasteiger partial charge in [0, 0.05) is 36.0 Å². The maximum atomic E-state index is 12.2. The van der Waals surface area contributed by atoms with Crippen LogP contribution >= 0.6 is 23.8 Å². The molecule has 0 radical (unpaired) electrons. The molecule has 1 aliphatic rings. The van der Waals surface area contributed by atoms with Gasteiger partial charge in [-0.25, -0.2) is 0 Å². The van der Waals surface area contributed by atoms with Crippen molar-refractivity contribution in [2.24, 2.45) is 0 Å². The highest BCUT2D eigenvalue weighted by atomic mass is 35.5. The molecular weight excluding hydrogens is 390 g/mol. The highest BCUT2D eigenvalue weighted by Gasteiger charge is 2.32. The minimum absolute atomic E-state index is 0.0916. The molecule has 1 aliphatic heterocycles. The molecule has 0 saturated heterocycles. The number of rotatable bonds is 4. The second kappa shape index (κ2) is 7.13. The van der Waals surface area contributed by atoms with E-state index in [1.54, 1.807) is 24.1 Å². The third-order valence-corrected chi connectivity index (χ3v) is 5.19. The Hall–Kier alpha value is -2.71. The maximum absolute atomic E-state index is 12.2. The van der Waals surface area contributed by atoms with Crippen molar-refractivity contribution in [3.05, 3.63) is 62.5 Å². The second-order valence-corrected chi connectivity index (χ2v) is 6.91. The first-order valence-corrected chi connectivity index (χ1v) is 8.79. The van der Waals surface area contributed by atoms with Crippen molar-refractivity contribution in [3.63, 3.8) is 0 Å². The molecule has 0 bridgehead atoms. The van der Waals surface area contributed by atoms with Crippen LogP contribution in [0.2, 0.25) is 5.02 Å². The number of allylic oxidation sites excluding steroid dienone is 1. The summed E-state index contributed by atoms with van der Waals surface area (Å²) in [6.07, 6.45) is 0. The number of nitrogens with one attached hydrogen (secondary N) is 1. The van der Waals surface area contributed by atoms with Crippen molar-refractivity contribution < 1.29 is 14.1 Å². The summed E-state index contributed by atoms with van der Waals surface area (Å²) in [5.41, 5.74) is 1.59. The molecule has 27 heavy (non-hydrogen) atoms. The monoisotopic (exact) mass is 405 g/mol. The van der Waals surface area contributed by atoms with Crippen molar-refractivity contribution in [1.29, 1.82) is 0 Å². The van der Waals surface area contributed by atoms with Gasteiger partial charge in [-0.05, 0) is 44.3 Å². The fourth-order valence-electron chi connectivity index (χ4n) is 2.97. The van der Waals surface area contributed by atoms with E-state index in [0.717, 1.165) is 5.70 Å². The molecule has 140 valence electrons. The molecular formula is C18H16ClN3O4S. The van der Waals surface area contributed by atoms with E-state index in [9.17, 15) is 14.9 Å². The van der Waals surface area contributed by atoms with Crippen LogP contribution < -0.4 is 5.32 Å². The van der Waals surface area contributed by atoms with Crippen LogP contribution in [0.15, 0.2) is 46.0 Å². The average molecular weight is 406 g/mol. The molecule has 0 saturated carbocycles. The van der Waals surface area contributed by atoms with E-state index in [1.165, 1.54) is 25.1 Å². The first-order valence-electron chi connectivity index (χ1n) is 8.00.